The van der Waals surface area contributed by atoms with E-state index in [4.69, 9.17) is 0 Å². The van der Waals surface area contributed by atoms with Crippen molar-refractivity contribution in [2.24, 2.45) is 5.92 Å². The minimum atomic E-state index is -1.17. The fourth-order valence-corrected chi connectivity index (χ4v) is 3.14. The SMILES string of the molecule is O=[N+]([O-])c1ccc(F)c(F)c1NC1CN2CCC1CC2. The van der Waals surface area contributed by atoms with E-state index in [1.807, 2.05) is 0 Å². The van der Waals surface area contributed by atoms with Gasteiger partial charge in [-0.05, 0) is 37.9 Å². The Morgan fingerprint density at radius 2 is 2.00 bits per heavy atom. The summed E-state index contributed by atoms with van der Waals surface area (Å²) in [4.78, 5) is 12.5. The van der Waals surface area contributed by atoms with Gasteiger partial charge in [-0.1, -0.05) is 0 Å². The van der Waals surface area contributed by atoms with E-state index >= 15 is 0 Å². The van der Waals surface area contributed by atoms with Gasteiger partial charge in [0.2, 0.25) is 0 Å². The summed E-state index contributed by atoms with van der Waals surface area (Å²) in [5.74, 6) is -1.88. The molecule has 1 unspecified atom stereocenters. The lowest BCUT2D eigenvalue weighted by molar-refractivity contribution is -0.384. The molecular formula is C13H15F2N3O2. The van der Waals surface area contributed by atoms with Gasteiger partial charge < -0.3 is 10.2 Å². The Balaban J connectivity index is 1.90. The van der Waals surface area contributed by atoms with Gasteiger partial charge in [-0.3, -0.25) is 10.1 Å². The van der Waals surface area contributed by atoms with Gasteiger partial charge in [0.25, 0.3) is 5.69 Å². The average molecular weight is 283 g/mol. The molecule has 1 aromatic rings. The normalized spacial score (nSPS) is 28.4. The molecule has 1 atom stereocenters. The van der Waals surface area contributed by atoms with Gasteiger partial charge in [0.15, 0.2) is 17.3 Å². The molecule has 0 radical (unpaired) electrons. The smallest absolute Gasteiger partial charge is 0.295 e. The first-order chi connectivity index (χ1) is 9.56. The van der Waals surface area contributed by atoms with Gasteiger partial charge in [0.05, 0.1) is 4.92 Å². The first-order valence-corrected chi connectivity index (χ1v) is 6.67. The number of nitrogens with one attached hydrogen (secondary N) is 1. The number of fused-ring (bicyclic) bond motifs is 3. The molecule has 0 saturated carbocycles. The number of nitrogens with zero attached hydrogens (tertiary/aromatic N) is 2. The van der Waals surface area contributed by atoms with Crippen LogP contribution in [-0.2, 0) is 0 Å². The Hall–Kier alpha value is -1.76. The zero-order chi connectivity index (χ0) is 14.3. The molecule has 4 rings (SSSR count). The van der Waals surface area contributed by atoms with Crippen molar-refractivity contribution in [2.75, 3.05) is 25.0 Å². The van der Waals surface area contributed by atoms with Crippen LogP contribution in [0.3, 0.4) is 0 Å². The van der Waals surface area contributed by atoms with Gasteiger partial charge >= 0.3 is 0 Å². The number of hydrogen-bond donors (Lipinski definition) is 1. The maximum atomic E-state index is 13.9. The van der Waals surface area contributed by atoms with Gasteiger partial charge in [0.1, 0.15) is 0 Å². The molecule has 2 bridgehead atoms. The highest BCUT2D eigenvalue weighted by atomic mass is 19.2. The van der Waals surface area contributed by atoms with Crippen LogP contribution in [0, 0.1) is 27.7 Å². The number of nitro groups is 1. The summed E-state index contributed by atoms with van der Waals surface area (Å²) in [6, 6.07) is 1.73. The van der Waals surface area contributed by atoms with Gasteiger partial charge in [-0.15, -0.1) is 0 Å². The molecule has 3 fully saturated rings. The van der Waals surface area contributed by atoms with Crippen molar-refractivity contribution in [3.8, 4) is 0 Å². The standard InChI is InChI=1S/C13H15F2N3O2/c14-9-1-2-11(18(19)20)13(12(9)15)16-10-7-17-5-3-8(10)4-6-17/h1-2,8,10,16H,3-7H2. The third-order valence-corrected chi connectivity index (χ3v) is 4.26. The molecule has 5 nitrogen and oxygen atoms in total. The maximum absolute atomic E-state index is 13.9. The van der Waals surface area contributed by atoms with Crippen molar-refractivity contribution in [1.29, 1.82) is 0 Å². The van der Waals surface area contributed by atoms with Gasteiger partial charge in [0, 0.05) is 18.7 Å². The zero-order valence-corrected chi connectivity index (χ0v) is 10.8. The Kier molecular flexibility index (Phi) is 3.29. The topological polar surface area (TPSA) is 58.4 Å². The summed E-state index contributed by atoms with van der Waals surface area (Å²) in [6.07, 6.45) is 1.98. The summed E-state index contributed by atoms with van der Waals surface area (Å²) in [5.41, 5.74) is -0.742. The molecule has 0 aromatic heterocycles. The maximum Gasteiger partial charge on any atom is 0.295 e. The number of rotatable bonds is 3. The molecule has 0 spiro atoms. The van der Waals surface area contributed by atoms with Crippen molar-refractivity contribution >= 4 is 11.4 Å². The van der Waals surface area contributed by atoms with E-state index < -0.39 is 22.2 Å². The van der Waals surface area contributed by atoms with E-state index in [0.29, 0.717) is 5.92 Å². The third-order valence-electron chi connectivity index (χ3n) is 4.26. The summed E-state index contributed by atoms with van der Waals surface area (Å²) in [5, 5.41) is 13.8. The van der Waals surface area contributed by atoms with E-state index in [0.717, 1.165) is 44.6 Å². The lowest BCUT2D eigenvalue weighted by atomic mass is 9.84. The first kappa shape index (κ1) is 13.2. The van der Waals surface area contributed by atoms with Gasteiger partial charge in [-0.2, -0.15) is 0 Å². The van der Waals surface area contributed by atoms with Crippen LogP contribution < -0.4 is 5.32 Å². The molecule has 1 aromatic carbocycles. The zero-order valence-electron chi connectivity index (χ0n) is 10.8. The van der Waals surface area contributed by atoms with Crippen LogP contribution >= 0.6 is 0 Å². The molecule has 108 valence electrons. The van der Waals surface area contributed by atoms with Crippen LogP contribution in [0.2, 0.25) is 0 Å². The second-order valence-corrected chi connectivity index (χ2v) is 5.40. The molecule has 3 aliphatic rings. The van der Waals surface area contributed by atoms with Crippen molar-refractivity contribution in [2.45, 2.75) is 18.9 Å². The largest absolute Gasteiger partial charge is 0.373 e. The quantitative estimate of drug-likeness (QED) is 0.683. The van der Waals surface area contributed by atoms with Crippen molar-refractivity contribution in [1.82, 2.24) is 4.90 Å². The number of nitro benzene ring substituents is 1. The highest BCUT2D eigenvalue weighted by Gasteiger charge is 2.36. The molecule has 3 saturated heterocycles. The molecular weight excluding hydrogens is 268 g/mol. The van der Waals surface area contributed by atoms with Crippen molar-refractivity contribution in [3.05, 3.63) is 33.9 Å². The number of piperidine rings is 3. The number of halogens is 2. The number of hydrogen-bond acceptors (Lipinski definition) is 4. The van der Waals surface area contributed by atoms with E-state index in [2.05, 4.69) is 10.2 Å². The Labute approximate surface area is 114 Å². The minimum absolute atomic E-state index is 0.0625. The van der Waals surface area contributed by atoms with Crippen LogP contribution in [0.1, 0.15) is 12.8 Å². The average Bonchev–Trinajstić information content (AvgIpc) is 2.45. The monoisotopic (exact) mass is 283 g/mol. The first-order valence-electron chi connectivity index (χ1n) is 6.67. The Morgan fingerprint density at radius 3 is 2.55 bits per heavy atom. The summed E-state index contributed by atoms with van der Waals surface area (Å²) in [6.45, 7) is 2.74. The molecule has 3 aliphatic heterocycles. The summed E-state index contributed by atoms with van der Waals surface area (Å²) < 4.78 is 27.2. The van der Waals surface area contributed by atoms with E-state index in [-0.39, 0.29) is 11.7 Å². The predicted octanol–water partition coefficient (Wildman–Crippen LogP) is 2.38. The van der Waals surface area contributed by atoms with E-state index in [9.17, 15) is 18.9 Å². The van der Waals surface area contributed by atoms with Crippen LogP contribution in [0.15, 0.2) is 12.1 Å². The molecule has 7 heteroatoms. The second kappa shape index (κ2) is 4.97. The lowest BCUT2D eigenvalue weighted by Gasteiger charge is -2.45. The van der Waals surface area contributed by atoms with E-state index in [1.54, 1.807) is 0 Å². The van der Waals surface area contributed by atoms with Crippen LogP contribution in [0.25, 0.3) is 0 Å². The third kappa shape index (κ3) is 2.22. The molecule has 0 amide bonds. The van der Waals surface area contributed by atoms with Gasteiger partial charge in [-0.25, -0.2) is 8.78 Å². The highest BCUT2D eigenvalue weighted by molar-refractivity contribution is 5.63. The number of benzene rings is 1. The molecule has 1 N–H and O–H groups in total. The van der Waals surface area contributed by atoms with Crippen LogP contribution in [0.4, 0.5) is 20.2 Å². The fourth-order valence-electron chi connectivity index (χ4n) is 3.14. The Bertz CT molecular complexity index is 545. The lowest BCUT2D eigenvalue weighted by Crippen LogP contribution is -2.53. The summed E-state index contributed by atoms with van der Waals surface area (Å²) in [7, 11) is 0. The fraction of sp³-hybridized carbons (Fsp3) is 0.538. The van der Waals surface area contributed by atoms with Crippen LogP contribution in [0.5, 0.6) is 0 Å². The summed E-state index contributed by atoms with van der Waals surface area (Å²) >= 11 is 0. The van der Waals surface area contributed by atoms with E-state index in [1.165, 1.54) is 0 Å². The molecule has 0 aliphatic carbocycles. The van der Waals surface area contributed by atoms with Crippen LogP contribution in [-0.4, -0.2) is 35.5 Å². The molecule has 20 heavy (non-hydrogen) atoms. The number of anilines is 1. The highest BCUT2D eigenvalue weighted by Crippen LogP contribution is 2.34. The van der Waals surface area contributed by atoms with Crippen molar-refractivity contribution < 1.29 is 13.7 Å². The second-order valence-electron chi connectivity index (χ2n) is 5.40. The molecule has 3 heterocycles. The predicted molar refractivity (Wildman–Crippen MR) is 69.6 cm³/mol. The Morgan fingerprint density at radius 1 is 1.30 bits per heavy atom. The van der Waals surface area contributed by atoms with Crippen molar-refractivity contribution in [3.63, 3.8) is 0 Å². The minimum Gasteiger partial charge on any atom is -0.373 e.